The number of rotatable bonds is 7. The van der Waals surface area contributed by atoms with Gasteiger partial charge in [0, 0.05) is 41.5 Å². The van der Waals surface area contributed by atoms with Gasteiger partial charge in [-0.1, -0.05) is 17.4 Å². The second kappa shape index (κ2) is 10.2. The molecule has 5 nitrogen and oxygen atoms in total. The van der Waals surface area contributed by atoms with Crippen LogP contribution in [0.5, 0.6) is 0 Å². The number of thiazole rings is 1. The first-order valence-electron chi connectivity index (χ1n) is 9.88. The van der Waals surface area contributed by atoms with Gasteiger partial charge in [0.15, 0.2) is 5.13 Å². The van der Waals surface area contributed by atoms with Gasteiger partial charge in [0.2, 0.25) is 0 Å². The van der Waals surface area contributed by atoms with Crippen LogP contribution < -0.4 is 4.90 Å². The minimum absolute atomic E-state index is 0.00306. The molecule has 0 aliphatic carbocycles. The molecule has 1 aromatic heterocycles. The molecule has 1 aliphatic rings. The summed E-state index contributed by atoms with van der Waals surface area (Å²) in [4.78, 5) is 24.8. The topological polar surface area (TPSA) is 45.7 Å². The zero-order chi connectivity index (χ0) is 20.9. The van der Waals surface area contributed by atoms with Gasteiger partial charge in [-0.25, -0.2) is 4.98 Å². The zero-order valence-electron chi connectivity index (χ0n) is 17.2. The lowest BCUT2D eigenvalue weighted by Crippen LogP contribution is -2.43. The molecule has 1 amide bonds. The predicted octanol–water partition coefficient (Wildman–Crippen LogP) is 4.72. The number of carbonyl (C=O) groups excluding carboxylic acids is 1. The number of fused-ring (bicyclic) bond motifs is 1. The number of morpholine rings is 1. The van der Waals surface area contributed by atoms with Gasteiger partial charge in [-0.05, 0) is 48.9 Å². The van der Waals surface area contributed by atoms with Crippen LogP contribution in [-0.2, 0) is 4.74 Å². The summed E-state index contributed by atoms with van der Waals surface area (Å²) in [5.41, 5.74) is 1.64. The highest BCUT2D eigenvalue weighted by atomic mass is 32.2. The van der Waals surface area contributed by atoms with E-state index in [0.717, 1.165) is 53.1 Å². The van der Waals surface area contributed by atoms with Crippen molar-refractivity contribution in [2.45, 2.75) is 9.79 Å². The van der Waals surface area contributed by atoms with Gasteiger partial charge in [0.1, 0.15) is 0 Å². The number of hydrogen-bond acceptors (Lipinski definition) is 7. The molecule has 2 aromatic carbocycles. The van der Waals surface area contributed by atoms with Crippen molar-refractivity contribution >= 4 is 56.1 Å². The van der Waals surface area contributed by atoms with E-state index >= 15 is 0 Å². The van der Waals surface area contributed by atoms with E-state index in [-0.39, 0.29) is 5.91 Å². The molecule has 1 fully saturated rings. The van der Waals surface area contributed by atoms with Gasteiger partial charge < -0.3 is 4.74 Å². The van der Waals surface area contributed by atoms with Gasteiger partial charge in [-0.15, -0.1) is 23.5 Å². The van der Waals surface area contributed by atoms with Crippen LogP contribution >= 0.6 is 34.9 Å². The zero-order valence-corrected chi connectivity index (χ0v) is 19.6. The van der Waals surface area contributed by atoms with Crippen LogP contribution in [0.3, 0.4) is 0 Å². The fourth-order valence-electron chi connectivity index (χ4n) is 3.40. The average Bonchev–Trinajstić information content (AvgIpc) is 3.22. The van der Waals surface area contributed by atoms with E-state index in [9.17, 15) is 4.79 Å². The van der Waals surface area contributed by atoms with E-state index in [0.29, 0.717) is 12.1 Å². The van der Waals surface area contributed by atoms with E-state index in [4.69, 9.17) is 9.72 Å². The number of aromatic nitrogens is 1. The Kier molecular flexibility index (Phi) is 7.32. The van der Waals surface area contributed by atoms with Crippen LogP contribution in [0.1, 0.15) is 10.4 Å². The largest absolute Gasteiger partial charge is 0.379 e. The van der Waals surface area contributed by atoms with Crippen molar-refractivity contribution in [2.75, 3.05) is 56.8 Å². The molecular formula is C22H25N3O2S3. The predicted molar refractivity (Wildman–Crippen MR) is 129 cm³/mol. The highest BCUT2D eigenvalue weighted by Gasteiger charge is 2.23. The molecule has 0 atom stereocenters. The van der Waals surface area contributed by atoms with Crippen LogP contribution in [0.25, 0.3) is 10.2 Å². The first kappa shape index (κ1) is 21.6. The molecule has 0 spiro atoms. The van der Waals surface area contributed by atoms with E-state index in [2.05, 4.69) is 23.3 Å². The molecule has 0 unspecified atom stereocenters. The summed E-state index contributed by atoms with van der Waals surface area (Å²) < 4.78 is 6.57. The van der Waals surface area contributed by atoms with Crippen LogP contribution in [0, 0.1) is 0 Å². The number of ether oxygens (including phenoxy) is 1. The Morgan fingerprint density at radius 1 is 1.13 bits per heavy atom. The molecule has 8 heteroatoms. The maximum atomic E-state index is 13.5. The molecule has 0 radical (unpaired) electrons. The molecule has 0 saturated carbocycles. The Balaban J connectivity index is 1.64. The van der Waals surface area contributed by atoms with Crippen molar-refractivity contribution < 1.29 is 9.53 Å². The smallest absolute Gasteiger partial charge is 0.260 e. The van der Waals surface area contributed by atoms with Crippen LogP contribution in [0.2, 0.25) is 0 Å². The molecule has 1 saturated heterocycles. The maximum absolute atomic E-state index is 13.5. The standard InChI is InChI=1S/C22H25N3O2S3/c1-28-17-5-3-4-16(14-17)21(26)25(9-8-24-10-12-27-13-11-24)22-23-19-7-6-18(29-2)15-20(19)30-22/h3-7,14-15H,8-13H2,1-2H3. The highest BCUT2D eigenvalue weighted by Crippen LogP contribution is 2.32. The summed E-state index contributed by atoms with van der Waals surface area (Å²) in [6.07, 6.45) is 4.09. The summed E-state index contributed by atoms with van der Waals surface area (Å²) in [5, 5.41) is 0.760. The Morgan fingerprint density at radius 2 is 1.90 bits per heavy atom. The Bertz CT molecular complexity index is 1020. The summed E-state index contributed by atoms with van der Waals surface area (Å²) in [7, 11) is 0. The summed E-state index contributed by atoms with van der Waals surface area (Å²) in [5.74, 6) is 0.00306. The number of anilines is 1. The van der Waals surface area contributed by atoms with E-state index in [1.165, 1.54) is 4.90 Å². The van der Waals surface area contributed by atoms with Crippen molar-refractivity contribution in [3.05, 3.63) is 48.0 Å². The minimum Gasteiger partial charge on any atom is -0.379 e. The molecular weight excluding hydrogens is 434 g/mol. The number of carbonyl (C=O) groups is 1. The Morgan fingerprint density at radius 3 is 2.67 bits per heavy atom. The normalized spacial score (nSPS) is 14.9. The van der Waals surface area contributed by atoms with E-state index in [1.54, 1.807) is 34.9 Å². The number of thioether (sulfide) groups is 2. The second-order valence-electron chi connectivity index (χ2n) is 6.97. The highest BCUT2D eigenvalue weighted by molar-refractivity contribution is 7.98. The van der Waals surface area contributed by atoms with Crippen molar-refractivity contribution in [2.24, 2.45) is 0 Å². The summed E-state index contributed by atoms with van der Waals surface area (Å²) >= 11 is 4.95. The third-order valence-electron chi connectivity index (χ3n) is 5.12. The SMILES string of the molecule is CSc1cccc(C(=O)N(CCN2CCOCC2)c2nc3ccc(SC)cc3s2)c1. The minimum atomic E-state index is 0.00306. The van der Waals surface area contributed by atoms with Crippen molar-refractivity contribution in [3.63, 3.8) is 0 Å². The first-order chi connectivity index (χ1) is 14.7. The van der Waals surface area contributed by atoms with E-state index < -0.39 is 0 Å². The molecule has 30 heavy (non-hydrogen) atoms. The van der Waals surface area contributed by atoms with Gasteiger partial charge in [-0.2, -0.15) is 0 Å². The quantitative estimate of drug-likeness (QED) is 0.477. The molecule has 4 rings (SSSR count). The van der Waals surface area contributed by atoms with Crippen LogP contribution in [0.4, 0.5) is 5.13 Å². The summed E-state index contributed by atoms with van der Waals surface area (Å²) in [6.45, 7) is 4.73. The van der Waals surface area contributed by atoms with Crippen LogP contribution in [-0.4, -0.2) is 67.7 Å². The number of benzene rings is 2. The molecule has 0 N–H and O–H groups in total. The lowest BCUT2D eigenvalue weighted by Gasteiger charge is -2.29. The summed E-state index contributed by atoms with van der Waals surface area (Å²) in [6, 6.07) is 14.1. The second-order valence-corrected chi connectivity index (χ2v) is 9.74. The fraction of sp³-hybridized carbons (Fsp3) is 0.364. The number of hydrogen-bond donors (Lipinski definition) is 0. The van der Waals surface area contributed by atoms with E-state index in [1.807, 2.05) is 41.5 Å². The maximum Gasteiger partial charge on any atom is 0.260 e. The molecule has 1 aliphatic heterocycles. The van der Waals surface area contributed by atoms with Crippen molar-refractivity contribution in [1.82, 2.24) is 9.88 Å². The van der Waals surface area contributed by atoms with Crippen LogP contribution in [0.15, 0.2) is 52.3 Å². The molecule has 0 bridgehead atoms. The first-order valence-corrected chi connectivity index (χ1v) is 13.1. The lowest BCUT2D eigenvalue weighted by molar-refractivity contribution is 0.0391. The monoisotopic (exact) mass is 459 g/mol. The van der Waals surface area contributed by atoms with Crippen molar-refractivity contribution in [1.29, 1.82) is 0 Å². The fourth-order valence-corrected chi connectivity index (χ4v) is 5.40. The average molecular weight is 460 g/mol. The lowest BCUT2D eigenvalue weighted by atomic mass is 10.2. The molecule has 2 heterocycles. The van der Waals surface area contributed by atoms with Crippen molar-refractivity contribution in [3.8, 4) is 0 Å². The number of nitrogens with zero attached hydrogens (tertiary/aromatic N) is 3. The Hall–Kier alpha value is -1.58. The Labute approximate surface area is 189 Å². The van der Waals surface area contributed by atoms with Gasteiger partial charge in [0.05, 0.1) is 23.4 Å². The number of amides is 1. The van der Waals surface area contributed by atoms with Gasteiger partial charge >= 0.3 is 0 Å². The van der Waals surface area contributed by atoms with Gasteiger partial charge in [-0.3, -0.25) is 14.6 Å². The van der Waals surface area contributed by atoms with Gasteiger partial charge in [0.25, 0.3) is 5.91 Å². The molecule has 3 aromatic rings. The molecule has 158 valence electrons. The third kappa shape index (κ3) is 5.00. The third-order valence-corrected chi connectivity index (χ3v) is 7.61.